The molecule has 0 atom stereocenters. The molecule has 0 radical (unpaired) electrons. The standard InChI is InChI=1S/C19H18N2O3S2/c1-3-25-13-6-4-12(5-7-13)8-18(22)20-19-21(2)14-9-15-16(24-11-23-15)10-17(14)26-19/h4-7,9-10H,3,8,11H2,1-2H3. The number of rotatable bonds is 4. The van der Waals surface area contributed by atoms with Crippen LogP contribution in [0.1, 0.15) is 12.5 Å². The molecule has 1 aromatic heterocycles. The first-order chi connectivity index (χ1) is 12.6. The number of hydrogen-bond donors (Lipinski definition) is 0. The summed E-state index contributed by atoms with van der Waals surface area (Å²) in [5.41, 5.74) is 1.95. The Morgan fingerprint density at radius 1 is 1.23 bits per heavy atom. The molecule has 1 aliphatic rings. The monoisotopic (exact) mass is 386 g/mol. The quantitative estimate of drug-likeness (QED) is 0.641. The molecule has 5 nitrogen and oxygen atoms in total. The maximum Gasteiger partial charge on any atom is 0.252 e. The predicted molar refractivity (Wildman–Crippen MR) is 104 cm³/mol. The van der Waals surface area contributed by atoms with Gasteiger partial charge in [-0.15, -0.1) is 11.8 Å². The van der Waals surface area contributed by atoms with E-state index >= 15 is 0 Å². The van der Waals surface area contributed by atoms with Crippen molar-refractivity contribution in [2.75, 3.05) is 12.5 Å². The van der Waals surface area contributed by atoms with Gasteiger partial charge in [0.2, 0.25) is 6.79 Å². The van der Waals surface area contributed by atoms with E-state index in [1.165, 1.54) is 16.2 Å². The van der Waals surface area contributed by atoms with Gasteiger partial charge in [-0.25, -0.2) is 0 Å². The summed E-state index contributed by atoms with van der Waals surface area (Å²) in [7, 11) is 1.91. The lowest BCUT2D eigenvalue weighted by Crippen LogP contribution is -2.14. The number of ether oxygens (including phenoxy) is 2. The topological polar surface area (TPSA) is 52.8 Å². The van der Waals surface area contributed by atoms with E-state index in [4.69, 9.17) is 9.47 Å². The number of hydrogen-bond acceptors (Lipinski definition) is 5. The van der Waals surface area contributed by atoms with Crippen molar-refractivity contribution in [3.05, 3.63) is 46.8 Å². The second-order valence-electron chi connectivity index (χ2n) is 5.88. The van der Waals surface area contributed by atoms with Crippen molar-refractivity contribution < 1.29 is 14.3 Å². The number of amides is 1. The fourth-order valence-corrected chi connectivity index (χ4v) is 4.52. The summed E-state index contributed by atoms with van der Waals surface area (Å²) < 4.78 is 13.8. The third kappa shape index (κ3) is 3.37. The molecule has 0 saturated carbocycles. The van der Waals surface area contributed by atoms with Crippen molar-refractivity contribution in [2.45, 2.75) is 18.2 Å². The van der Waals surface area contributed by atoms with Crippen LogP contribution in [0.2, 0.25) is 0 Å². The van der Waals surface area contributed by atoms with Gasteiger partial charge in [0.05, 0.1) is 16.6 Å². The van der Waals surface area contributed by atoms with E-state index in [9.17, 15) is 4.79 Å². The van der Waals surface area contributed by atoms with E-state index in [0.717, 1.165) is 33.0 Å². The summed E-state index contributed by atoms with van der Waals surface area (Å²) in [6.45, 7) is 2.38. The molecule has 3 aromatic rings. The van der Waals surface area contributed by atoms with Crippen molar-refractivity contribution in [3.63, 3.8) is 0 Å². The molecule has 1 aliphatic heterocycles. The molecule has 0 saturated heterocycles. The number of thiazole rings is 1. The van der Waals surface area contributed by atoms with E-state index in [1.54, 1.807) is 11.8 Å². The van der Waals surface area contributed by atoms with Crippen LogP contribution in [0.3, 0.4) is 0 Å². The predicted octanol–water partition coefficient (Wildman–Crippen LogP) is 3.75. The first-order valence-corrected chi connectivity index (χ1v) is 10.1. The van der Waals surface area contributed by atoms with Crippen molar-refractivity contribution in [2.24, 2.45) is 12.0 Å². The van der Waals surface area contributed by atoms with Crippen molar-refractivity contribution in [1.29, 1.82) is 0 Å². The Morgan fingerprint density at radius 2 is 1.96 bits per heavy atom. The zero-order valence-electron chi connectivity index (χ0n) is 14.5. The number of benzene rings is 2. The van der Waals surface area contributed by atoms with E-state index in [1.807, 2.05) is 35.9 Å². The van der Waals surface area contributed by atoms with Crippen LogP contribution in [0.4, 0.5) is 0 Å². The van der Waals surface area contributed by atoms with Crippen molar-refractivity contribution in [1.82, 2.24) is 4.57 Å². The lowest BCUT2D eigenvalue weighted by molar-refractivity contribution is -0.117. The highest BCUT2D eigenvalue weighted by Crippen LogP contribution is 2.36. The minimum atomic E-state index is -0.150. The molecule has 1 amide bonds. The van der Waals surface area contributed by atoms with Crippen LogP contribution in [-0.2, 0) is 18.3 Å². The van der Waals surface area contributed by atoms with E-state index in [-0.39, 0.29) is 12.7 Å². The third-order valence-electron chi connectivity index (χ3n) is 4.11. The Bertz CT molecular complexity index is 1040. The van der Waals surface area contributed by atoms with E-state index < -0.39 is 0 Å². The maximum atomic E-state index is 12.4. The van der Waals surface area contributed by atoms with Crippen LogP contribution in [-0.4, -0.2) is 23.0 Å². The van der Waals surface area contributed by atoms with Crippen LogP contribution >= 0.6 is 23.1 Å². The molecular weight excluding hydrogens is 368 g/mol. The molecule has 0 fully saturated rings. The van der Waals surface area contributed by atoms with Gasteiger partial charge in [0.15, 0.2) is 16.3 Å². The van der Waals surface area contributed by atoms with Gasteiger partial charge in [0.25, 0.3) is 5.91 Å². The van der Waals surface area contributed by atoms with Gasteiger partial charge in [-0.2, -0.15) is 4.99 Å². The first kappa shape index (κ1) is 17.2. The number of aromatic nitrogens is 1. The lowest BCUT2D eigenvalue weighted by Gasteiger charge is -2.01. The largest absolute Gasteiger partial charge is 0.454 e. The molecule has 0 unspecified atom stereocenters. The van der Waals surface area contributed by atoms with Crippen LogP contribution in [0.25, 0.3) is 10.2 Å². The number of carbonyl (C=O) groups is 1. The third-order valence-corrected chi connectivity index (χ3v) is 6.10. The highest BCUT2D eigenvalue weighted by molar-refractivity contribution is 7.99. The minimum absolute atomic E-state index is 0.150. The van der Waals surface area contributed by atoms with Gasteiger partial charge in [0, 0.05) is 24.1 Å². The summed E-state index contributed by atoms with van der Waals surface area (Å²) in [4.78, 5) is 18.6. The normalized spacial score (nSPS) is 13.5. The van der Waals surface area contributed by atoms with Crippen molar-refractivity contribution >= 4 is 39.2 Å². The Morgan fingerprint density at radius 3 is 2.69 bits per heavy atom. The Hall–Kier alpha value is -2.25. The second-order valence-corrected chi connectivity index (χ2v) is 8.22. The fraction of sp³-hybridized carbons (Fsp3) is 0.263. The Labute approximate surface area is 159 Å². The van der Waals surface area contributed by atoms with Crippen LogP contribution in [0.5, 0.6) is 11.5 Å². The van der Waals surface area contributed by atoms with Gasteiger partial charge in [-0.3, -0.25) is 4.79 Å². The lowest BCUT2D eigenvalue weighted by atomic mass is 10.1. The number of thioether (sulfide) groups is 1. The Balaban J connectivity index is 1.59. The second kappa shape index (κ2) is 7.17. The number of carbonyl (C=O) groups excluding carboxylic acids is 1. The molecule has 2 aromatic carbocycles. The molecule has 26 heavy (non-hydrogen) atoms. The van der Waals surface area contributed by atoms with Gasteiger partial charge in [-0.1, -0.05) is 30.4 Å². The van der Waals surface area contributed by atoms with Gasteiger partial charge < -0.3 is 14.0 Å². The molecular formula is C19H18N2O3S2. The fourth-order valence-electron chi connectivity index (χ4n) is 2.82. The van der Waals surface area contributed by atoms with Crippen LogP contribution in [0, 0.1) is 0 Å². The molecule has 0 spiro atoms. The Kier molecular flexibility index (Phi) is 4.74. The van der Waals surface area contributed by atoms with Crippen molar-refractivity contribution in [3.8, 4) is 11.5 Å². The summed E-state index contributed by atoms with van der Waals surface area (Å²) in [6.07, 6.45) is 0.300. The molecule has 134 valence electrons. The molecule has 2 heterocycles. The number of fused-ring (bicyclic) bond motifs is 2. The number of nitrogens with zero attached hydrogens (tertiary/aromatic N) is 2. The molecule has 0 aliphatic carbocycles. The highest BCUT2D eigenvalue weighted by Gasteiger charge is 2.16. The zero-order chi connectivity index (χ0) is 18.1. The average molecular weight is 386 g/mol. The first-order valence-electron chi connectivity index (χ1n) is 8.32. The van der Waals surface area contributed by atoms with Crippen LogP contribution < -0.4 is 14.3 Å². The van der Waals surface area contributed by atoms with Crippen LogP contribution in [0.15, 0.2) is 46.3 Å². The van der Waals surface area contributed by atoms with Gasteiger partial charge in [-0.05, 0) is 23.4 Å². The zero-order valence-corrected chi connectivity index (χ0v) is 16.2. The van der Waals surface area contributed by atoms with E-state index in [2.05, 4.69) is 24.0 Å². The summed E-state index contributed by atoms with van der Waals surface area (Å²) >= 11 is 3.26. The molecule has 0 bridgehead atoms. The highest BCUT2D eigenvalue weighted by atomic mass is 32.2. The van der Waals surface area contributed by atoms with Gasteiger partial charge >= 0.3 is 0 Å². The summed E-state index contributed by atoms with van der Waals surface area (Å²) in [5, 5.41) is 0. The molecule has 0 N–H and O–H groups in total. The number of aryl methyl sites for hydroxylation is 1. The summed E-state index contributed by atoms with van der Waals surface area (Å²) in [6, 6.07) is 12.0. The average Bonchev–Trinajstić information content (AvgIpc) is 3.20. The maximum absolute atomic E-state index is 12.4. The van der Waals surface area contributed by atoms with Gasteiger partial charge in [0.1, 0.15) is 0 Å². The SMILES string of the molecule is CCSc1ccc(CC(=O)N=c2sc3cc4c(cc3n2C)OCO4)cc1. The minimum Gasteiger partial charge on any atom is -0.454 e. The molecule has 4 rings (SSSR count). The summed E-state index contributed by atoms with van der Waals surface area (Å²) in [5.74, 6) is 2.36. The molecule has 7 heteroatoms. The van der Waals surface area contributed by atoms with E-state index in [0.29, 0.717) is 11.2 Å². The smallest absolute Gasteiger partial charge is 0.252 e.